The second-order valence-electron chi connectivity index (χ2n) is 7.20. The zero-order valence-electron chi connectivity index (χ0n) is 15.4. The van der Waals surface area contributed by atoms with Crippen LogP contribution in [-0.2, 0) is 9.59 Å². The van der Waals surface area contributed by atoms with Crippen molar-refractivity contribution in [3.63, 3.8) is 0 Å². The van der Waals surface area contributed by atoms with E-state index in [2.05, 4.69) is 4.98 Å². The van der Waals surface area contributed by atoms with Crippen LogP contribution in [-0.4, -0.2) is 71.4 Å². The highest BCUT2D eigenvalue weighted by atomic mass is 16.5. The lowest BCUT2D eigenvalue weighted by Crippen LogP contribution is -2.44. The monoisotopic (exact) mass is 375 g/mol. The Labute approximate surface area is 158 Å². The van der Waals surface area contributed by atoms with Crippen LogP contribution < -0.4 is 9.64 Å². The van der Waals surface area contributed by atoms with Crippen molar-refractivity contribution in [1.29, 1.82) is 0 Å². The van der Waals surface area contributed by atoms with E-state index < -0.39 is 18.0 Å². The van der Waals surface area contributed by atoms with Crippen molar-refractivity contribution in [2.45, 2.75) is 25.3 Å². The van der Waals surface area contributed by atoms with E-state index >= 15 is 0 Å². The summed E-state index contributed by atoms with van der Waals surface area (Å²) in [5.74, 6) is -1.23. The third kappa shape index (κ3) is 5.19. The number of hydrogen-bond donors (Lipinski definition) is 2. The van der Waals surface area contributed by atoms with E-state index in [-0.39, 0.29) is 5.57 Å². The number of anilines is 1. The van der Waals surface area contributed by atoms with Gasteiger partial charge in [-0.25, -0.2) is 9.59 Å². The quantitative estimate of drug-likeness (QED) is 0.691. The average molecular weight is 375 g/mol. The van der Waals surface area contributed by atoms with Crippen LogP contribution in [0.3, 0.4) is 0 Å². The number of rotatable bonds is 7. The highest BCUT2D eigenvalue weighted by Crippen LogP contribution is 2.31. The molecular formula is C19H25N3O5. The third-order valence-electron chi connectivity index (χ3n) is 4.90. The molecule has 8 heteroatoms. The molecule has 2 heterocycles. The summed E-state index contributed by atoms with van der Waals surface area (Å²) in [5.41, 5.74) is 0.599. The molecule has 27 heavy (non-hydrogen) atoms. The summed E-state index contributed by atoms with van der Waals surface area (Å²) in [6.45, 7) is 2.49. The van der Waals surface area contributed by atoms with Gasteiger partial charge in [0.15, 0.2) is 0 Å². The third-order valence-corrected chi connectivity index (χ3v) is 4.90. The minimum Gasteiger partial charge on any atom is -0.492 e. The van der Waals surface area contributed by atoms with Gasteiger partial charge in [0, 0.05) is 25.2 Å². The molecule has 1 aliphatic heterocycles. The standard InChI is InChI=1S/C19H25N3O5/c1-21-5-2-6-22(17(11-21)16(19(25)26)8-18(23)24)14-7-15(10-20-9-14)27-12-13-3-4-13/h7-10,13,17H,2-6,11-12H2,1H3,(H,23,24)(H,25,26)/b16-8+. The Bertz CT molecular complexity index is 732. The smallest absolute Gasteiger partial charge is 0.333 e. The molecule has 3 rings (SSSR count). The van der Waals surface area contributed by atoms with E-state index in [1.165, 1.54) is 12.8 Å². The van der Waals surface area contributed by atoms with E-state index in [9.17, 15) is 14.7 Å². The molecule has 146 valence electrons. The molecule has 2 fully saturated rings. The van der Waals surface area contributed by atoms with Gasteiger partial charge in [0.25, 0.3) is 0 Å². The normalized spacial score (nSPS) is 21.6. The molecule has 8 nitrogen and oxygen atoms in total. The summed E-state index contributed by atoms with van der Waals surface area (Å²) in [5, 5.41) is 18.7. The average Bonchev–Trinajstić information content (AvgIpc) is 3.45. The van der Waals surface area contributed by atoms with E-state index in [0.29, 0.717) is 31.4 Å². The molecule has 1 saturated carbocycles. The number of aliphatic carboxylic acids is 2. The molecule has 2 N–H and O–H groups in total. The molecule has 0 spiro atoms. The first-order valence-corrected chi connectivity index (χ1v) is 9.15. The Morgan fingerprint density at radius 3 is 2.74 bits per heavy atom. The zero-order chi connectivity index (χ0) is 19.4. The molecule has 0 amide bonds. The Morgan fingerprint density at radius 1 is 1.30 bits per heavy atom. The first kappa shape index (κ1) is 19.2. The first-order valence-electron chi connectivity index (χ1n) is 9.15. The van der Waals surface area contributed by atoms with Gasteiger partial charge in [0.2, 0.25) is 0 Å². The molecule has 0 aromatic carbocycles. The Hall–Kier alpha value is -2.61. The number of carboxylic acids is 2. The number of carbonyl (C=O) groups is 2. The topological polar surface area (TPSA) is 103 Å². The fraction of sp³-hybridized carbons (Fsp3) is 0.526. The van der Waals surface area contributed by atoms with Gasteiger partial charge in [0.1, 0.15) is 5.75 Å². The second-order valence-corrected chi connectivity index (χ2v) is 7.20. The van der Waals surface area contributed by atoms with Gasteiger partial charge < -0.3 is 24.7 Å². The van der Waals surface area contributed by atoms with Gasteiger partial charge in [-0.2, -0.15) is 0 Å². The van der Waals surface area contributed by atoms with Crippen LogP contribution in [0, 0.1) is 5.92 Å². The fourth-order valence-electron chi connectivity index (χ4n) is 3.30. The SMILES string of the molecule is CN1CCCN(c2cncc(OCC3CC3)c2)C(/C(=C\C(=O)O)C(=O)O)C1. The minimum atomic E-state index is -1.26. The summed E-state index contributed by atoms with van der Waals surface area (Å²) in [7, 11) is 1.91. The number of pyridine rings is 1. The number of hydrogen-bond acceptors (Lipinski definition) is 6. The van der Waals surface area contributed by atoms with Crippen molar-refractivity contribution in [3.8, 4) is 5.75 Å². The molecule has 1 saturated heterocycles. The van der Waals surface area contributed by atoms with Crippen LogP contribution in [0.4, 0.5) is 5.69 Å². The van der Waals surface area contributed by atoms with Crippen molar-refractivity contribution in [2.75, 3.05) is 38.2 Å². The molecule has 2 aliphatic rings. The number of nitrogens with zero attached hydrogens (tertiary/aromatic N) is 3. The molecule has 0 radical (unpaired) electrons. The Kier molecular flexibility index (Phi) is 5.95. The largest absolute Gasteiger partial charge is 0.492 e. The van der Waals surface area contributed by atoms with E-state index in [4.69, 9.17) is 9.84 Å². The number of ether oxygens (including phenoxy) is 1. The van der Waals surface area contributed by atoms with Crippen molar-refractivity contribution in [2.24, 2.45) is 5.92 Å². The van der Waals surface area contributed by atoms with Crippen LogP contribution >= 0.6 is 0 Å². The maximum absolute atomic E-state index is 11.8. The lowest BCUT2D eigenvalue weighted by Gasteiger charge is -2.33. The second kappa shape index (κ2) is 8.39. The molecule has 1 atom stereocenters. The molecule has 1 aromatic heterocycles. The Morgan fingerprint density at radius 2 is 2.07 bits per heavy atom. The zero-order valence-corrected chi connectivity index (χ0v) is 15.4. The van der Waals surface area contributed by atoms with Crippen LogP contribution in [0.5, 0.6) is 5.75 Å². The van der Waals surface area contributed by atoms with E-state index in [0.717, 1.165) is 24.7 Å². The van der Waals surface area contributed by atoms with Crippen LogP contribution in [0.2, 0.25) is 0 Å². The number of likely N-dealkylation sites (N-methyl/N-ethyl adjacent to an activating group) is 1. The van der Waals surface area contributed by atoms with Crippen molar-refractivity contribution >= 4 is 17.6 Å². The summed E-state index contributed by atoms with van der Waals surface area (Å²) in [4.78, 5) is 31.1. The highest BCUT2D eigenvalue weighted by Gasteiger charge is 2.31. The van der Waals surface area contributed by atoms with Crippen LogP contribution in [0.1, 0.15) is 19.3 Å². The molecule has 0 bridgehead atoms. The van der Waals surface area contributed by atoms with Gasteiger partial charge in [-0.05, 0) is 38.8 Å². The summed E-state index contributed by atoms with van der Waals surface area (Å²) in [6.07, 6.45) is 7.32. The van der Waals surface area contributed by atoms with E-state index in [1.54, 1.807) is 12.4 Å². The van der Waals surface area contributed by atoms with Crippen molar-refractivity contribution in [3.05, 3.63) is 30.1 Å². The van der Waals surface area contributed by atoms with Crippen LogP contribution in [0.25, 0.3) is 0 Å². The molecular weight excluding hydrogens is 350 g/mol. The predicted molar refractivity (Wildman–Crippen MR) is 99.1 cm³/mol. The lowest BCUT2D eigenvalue weighted by molar-refractivity contribution is -0.135. The maximum Gasteiger partial charge on any atom is 0.333 e. The number of aromatic nitrogens is 1. The molecule has 1 aliphatic carbocycles. The van der Waals surface area contributed by atoms with E-state index in [1.807, 2.05) is 22.9 Å². The lowest BCUT2D eigenvalue weighted by atomic mass is 10.0. The summed E-state index contributed by atoms with van der Waals surface area (Å²) >= 11 is 0. The van der Waals surface area contributed by atoms with Crippen LogP contribution in [0.15, 0.2) is 30.1 Å². The van der Waals surface area contributed by atoms with Gasteiger partial charge in [-0.1, -0.05) is 0 Å². The molecule has 1 aromatic rings. The minimum absolute atomic E-state index is 0.138. The van der Waals surface area contributed by atoms with Gasteiger partial charge in [-0.15, -0.1) is 0 Å². The van der Waals surface area contributed by atoms with Gasteiger partial charge in [-0.3, -0.25) is 4.98 Å². The van der Waals surface area contributed by atoms with Crippen molar-refractivity contribution < 1.29 is 24.5 Å². The van der Waals surface area contributed by atoms with Crippen molar-refractivity contribution in [1.82, 2.24) is 9.88 Å². The highest BCUT2D eigenvalue weighted by molar-refractivity contribution is 5.96. The van der Waals surface area contributed by atoms with Gasteiger partial charge in [0.05, 0.1) is 36.3 Å². The first-order chi connectivity index (χ1) is 12.9. The number of carboxylic acid groups (broad SMARTS) is 2. The summed E-state index contributed by atoms with van der Waals surface area (Å²) in [6, 6.07) is 1.26. The Balaban J connectivity index is 1.90. The molecule has 1 unspecified atom stereocenters. The predicted octanol–water partition coefficient (Wildman–Crippen LogP) is 1.48. The van der Waals surface area contributed by atoms with Gasteiger partial charge >= 0.3 is 11.9 Å². The fourth-order valence-corrected chi connectivity index (χ4v) is 3.30. The maximum atomic E-state index is 11.8. The summed E-state index contributed by atoms with van der Waals surface area (Å²) < 4.78 is 5.80.